The molecule has 0 aliphatic carbocycles. The molecular formula is C14H26N4. The third-order valence-corrected chi connectivity index (χ3v) is 3.34. The minimum Gasteiger partial charge on any atom is -0.370 e. The topological polar surface area (TPSA) is 41.1 Å². The van der Waals surface area contributed by atoms with Crippen LogP contribution in [0.1, 0.15) is 46.1 Å². The largest absolute Gasteiger partial charge is 0.370 e. The van der Waals surface area contributed by atoms with Crippen LogP contribution in [0.5, 0.6) is 0 Å². The van der Waals surface area contributed by atoms with Crippen molar-refractivity contribution >= 4 is 11.6 Å². The third-order valence-electron chi connectivity index (χ3n) is 3.34. The fourth-order valence-electron chi connectivity index (χ4n) is 2.04. The molecule has 0 bridgehead atoms. The zero-order chi connectivity index (χ0) is 13.5. The van der Waals surface area contributed by atoms with Crippen molar-refractivity contribution in [2.24, 2.45) is 0 Å². The van der Waals surface area contributed by atoms with Crippen LogP contribution in [-0.4, -0.2) is 29.1 Å². The average molecular weight is 250 g/mol. The SMILES string of the molecule is CCCNc1ncnc(N(CC)C(C)CC)c1C. The molecule has 1 rings (SSSR count). The summed E-state index contributed by atoms with van der Waals surface area (Å²) in [6.45, 7) is 12.8. The molecule has 0 aliphatic rings. The Balaban J connectivity index is 3.00. The number of nitrogens with one attached hydrogen (secondary N) is 1. The molecule has 4 heteroatoms. The van der Waals surface area contributed by atoms with Gasteiger partial charge in [0.05, 0.1) is 0 Å². The van der Waals surface area contributed by atoms with Gasteiger partial charge in [-0.15, -0.1) is 0 Å². The monoisotopic (exact) mass is 250 g/mol. The Morgan fingerprint density at radius 1 is 1.28 bits per heavy atom. The summed E-state index contributed by atoms with van der Waals surface area (Å²) in [7, 11) is 0. The van der Waals surface area contributed by atoms with Crippen LogP contribution in [0.3, 0.4) is 0 Å². The molecule has 0 saturated heterocycles. The molecule has 4 nitrogen and oxygen atoms in total. The van der Waals surface area contributed by atoms with E-state index in [9.17, 15) is 0 Å². The van der Waals surface area contributed by atoms with Gasteiger partial charge < -0.3 is 10.2 Å². The summed E-state index contributed by atoms with van der Waals surface area (Å²) >= 11 is 0. The maximum absolute atomic E-state index is 4.46. The van der Waals surface area contributed by atoms with E-state index in [4.69, 9.17) is 0 Å². The molecule has 0 fully saturated rings. The number of aromatic nitrogens is 2. The highest BCUT2D eigenvalue weighted by Crippen LogP contribution is 2.24. The van der Waals surface area contributed by atoms with Gasteiger partial charge in [0, 0.05) is 24.7 Å². The molecule has 1 heterocycles. The molecule has 18 heavy (non-hydrogen) atoms. The Labute approximate surface area is 111 Å². The van der Waals surface area contributed by atoms with Crippen LogP contribution in [0.15, 0.2) is 6.33 Å². The van der Waals surface area contributed by atoms with E-state index in [2.05, 4.69) is 54.8 Å². The normalized spacial score (nSPS) is 12.3. The Bertz CT molecular complexity index is 365. The second kappa shape index (κ2) is 7.19. The highest BCUT2D eigenvalue weighted by molar-refractivity contribution is 5.58. The summed E-state index contributed by atoms with van der Waals surface area (Å²) in [5.41, 5.74) is 1.15. The summed E-state index contributed by atoms with van der Waals surface area (Å²) in [5, 5.41) is 3.36. The zero-order valence-corrected chi connectivity index (χ0v) is 12.3. The van der Waals surface area contributed by atoms with E-state index in [1.165, 1.54) is 0 Å². The fraction of sp³-hybridized carbons (Fsp3) is 0.714. The van der Waals surface area contributed by atoms with E-state index < -0.39 is 0 Å². The van der Waals surface area contributed by atoms with Crippen molar-refractivity contribution in [1.82, 2.24) is 9.97 Å². The molecule has 1 aromatic heterocycles. The minimum absolute atomic E-state index is 0.502. The predicted octanol–water partition coefficient (Wildman–Crippen LogP) is 3.23. The first-order chi connectivity index (χ1) is 8.65. The highest BCUT2D eigenvalue weighted by Gasteiger charge is 2.16. The number of anilines is 2. The van der Waals surface area contributed by atoms with Gasteiger partial charge in [-0.3, -0.25) is 0 Å². The van der Waals surface area contributed by atoms with Crippen molar-refractivity contribution in [1.29, 1.82) is 0 Å². The summed E-state index contributed by atoms with van der Waals surface area (Å²) < 4.78 is 0. The molecule has 0 aromatic carbocycles. The van der Waals surface area contributed by atoms with E-state index in [0.717, 1.165) is 43.1 Å². The number of rotatable bonds is 7. The first-order valence-electron chi connectivity index (χ1n) is 6.97. The molecule has 102 valence electrons. The zero-order valence-electron chi connectivity index (χ0n) is 12.3. The van der Waals surface area contributed by atoms with Crippen molar-refractivity contribution in [2.75, 3.05) is 23.3 Å². The van der Waals surface area contributed by atoms with Gasteiger partial charge in [0.1, 0.15) is 18.0 Å². The van der Waals surface area contributed by atoms with Gasteiger partial charge >= 0.3 is 0 Å². The Kier molecular flexibility index (Phi) is 5.89. The van der Waals surface area contributed by atoms with Gasteiger partial charge in [-0.25, -0.2) is 9.97 Å². The van der Waals surface area contributed by atoms with Crippen LogP contribution in [-0.2, 0) is 0 Å². The van der Waals surface area contributed by atoms with Crippen molar-refractivity contribution in [3.8, 4) is 0 Å². The molecule has 0 aliphatic heterocycles. The lowest BCUT2D eigenvalue weighted by Gasteiger charge is -2.30. The Morgan fingerprint density at radius 2 is 2.00 bits per heavy atom. The van der Waals surface area contributed by atoms with Crippen molar-refractivity contribution in [3.05, 3.63) is 11.9 Å². The van der Waals surface area contributed by atoms with Crippen LogP contribution < -0.4 is 10.2 Å². The summed E-state index contributed by atoms with van der Waals surface area (Å²) in [4.78, 5) is 11.1. The van der Waals surface area contributed by atoms with E-state index in [1.807, 2.05) is 0 Å². The minimum atomic E-state index is 0.502. The number of hydrogen-bond acceptors (Lipinski definition) is 4. The molecule has 1 N–H and O–H groups in total. The Hall–Kier alpha value is -1.32. The number of nitrogens with zero attached hydrogens (tertiary/aromatic N) is 3. The van der Waals surface area contributed by atoms with Gasteiger partial charge in [-0.1, -0.05) is 13.8 Å². The third kappa shape index (κ3) is 3.34. The molecule has 0 radical (unpaired) electrons. The maximum atomic E-state index is 4.46. The van der Waals surface area contributed by atoms with Crippen molar-refractivity contribution < 1.29 is 0 Å². The summed E-state index contributed by atoms with van der Waals surface area (Å²) in [5.74, 6) is 2.02. The highest BCUT2D eigenvalue weighted by atomic mass is 15.2. The smallest absolute Gasteiger partial charge is 0.137 e. The van der Waals surface area contributed by atoms with Crippen LogP contribution in [0.25, 0.3) is 0 Å². The standard InChI is InChI=1S/C14H26N4/c1-6-9-15-13-12(5)14(17-10-16-13)18(8-3)11(4)7-2/h10-11H,6-9H2,1-5H3,(H,15,16,17). The van der Waals surface area contributed by atoms with Crippen molar-refractivity contribution in [3.63, 3.8) is 0 Å². The summed E-state index contributed by atoms with van der Waals surface area (Å²) in [6, 6.07) is 0.502. The van der Waals surface area contributed by atoms with Gasteiger partial charge in [-0.2, -0.15) is 0 Å². The van der Waals surface area contributed by atoms with E-state index >= 15 is 0 Å². The molecular weight excluding hydrogens is 224 g/mol. The predicted molar refractivity (Wildman–Crippen MR) is 78.3 cm³/mol. The van der Waals surface area contributed by atoms with Crippen LogP contribution in [0.2, 0.25) is 0 Å². The molecule has 1 atom stereocenters. The van der Waals surface area contributed by atoms with Crippen molar-refractivity contribution in [2.45, 2.75) is 53.5 Å². The van der Waals surface area contributed by atoms with Gasteiger partial charge in [0.25, 0.3) is 0 Å². The molecule has 0 spiro atoms. The second-order valence-electron chi connectivity index (χ2n) is 4.64. The Morgan fingerprint density at radius 3 is 2.56 bits per heavy atom. The first kappa shape index (κ1) is 14.7. The van der Waals surface area contributed by atoms with Crippen LogP contribution in [0, 0.1) is 6.92 Å². The first-order valence-corrected chi connectivity index (χ1v) is 6.97. The second-order valence-corrected chi connectivity index (χ2v) is 4.64. The molecule has 1 aromatic rings. The van der Waals surface area contributed by atoms with Gasteiger partial charge in [0.2, 0.25) is 0 Å². The fourth-order valence-corrected chi connectivity index (χ4v) is 2.04. The number of hydrogen-bond donors (Lipinski definition) is 1. The van der Waals surface area contributed by atoms with Gasteiger partial charge in [0.15, 0.2) is 0 Å². The maximum Gasteiger partial charge on any atom is 0.137 e. The average Bonchev–Trinajstić information content (AvgIpc) is 2.39. The lowest BCUT2D eigenvalue weighted by molar-refractivity contribution is 0.620. The summed E-state index contributed by atoms with van der Waals surface area (Å²) in [6.07, 6.45) is 3.88. The quantitative estimate of drug-likeness (QED) is 0.806. The van der Waals surface area contributed by atoms with E-state index in [-0.39, 0.29) is 0 Å². The lowest BCUT2D eigenvalue weighted by atomic mass is 10.2. The molecule has 1 unspecified atom stereocenters. The molecule has 0 saturated carbocycles. The lowest BCUT2D eigenvalue weighted by Crippen LogP contribution is -2.33. The van der Waals surface area contributed by atoms with E-state index in [0.29, 0.717) is 6.04 Å². The molecule has 0 amide bonds. The van der Waals surface area contributed by atoms with Gasteiger partial charge in [-0.05, 0) is 33.6 Å². The van der Waals surface area contributed by atoms with Crippen LogP contribution >= 0.6 is 0 Å². The van der Waals surface area contributed by atoms with Crippen LogP contribution in [0.4, 0.5) is 11.6 Å². The van der Waals surface area contributed by atoms with E-state index in [1.54, 1.807) is 6.33 Å².